The topological polar surface area (TPSA) is 110 Å². The largest absolute Gasteiger partial charge is 0.352 e. The van der Waals surface area contributed by atoms with Gasteiger partial charge in [-0.25, -0.2) is 13.4 Å². The first-order valence-electron chi connectivity index (χ1n) is 11.1. The smallest absolute Gasteiger partial charge is 0.253 e. The molecule has 3 aromatic rings. The number of hydrogen-bond acceptors (Lipinski definition) is 5. The van der Waals surface area contributed by atoms with Gasteiger partial charge in [0.1, 0.15) is 5.82 Å². The van der Waals surface area contributed by atoms with E-state index in [2.05, 4.69) is 10.6 Å². The fraction of sp³-hybridized carbons (Fsp3) is 0.375. The molecule has 2 N–H and O–H groups in total. The van der Waals surface area contributed by atoms with Crippen LogP contribution in [-0.4, -0.2) is 47.8 Å². The summed E-state index contributed by atoms with van der Waals surface area (Å²) in [6.07, 6.45) is 1.47. The second kappa shape index (κ2) is 9.35. The molecule has 8 nitrogen and oxygen atoms in total. The number of hydrogen-bond donors (Lipinski definition) is 2. The van der Waals surface area contributed by atoms with Crippen molar-refractivity contribution in [2.45, 2.75) is 26.2 Å². The predicted molar refractivity (Wildman–Crippen MR) is 128 cm³/mol. The van der Waals surface area contributed by atoms with Gasteiger partial charge < -0.3 is 15.2 Å². The van der Waals surface area contributed by atoms with Gasteiger partial charge in [-0.2, -0.15) is 0 Å². The fourth-order valence-electron chi connectivity index (χ4n) is 4.20. The maximum absolute atomic E-state index is 13.2. The van der Waals surface area contributed by atoms with Gasteiger partial charge in [0.25, 0.3) is 5.91 Å². The minimum absolute atomic E-state index is 0.0856. The average Bonchev–Trinajstić information content (AvgIpc) is 3.30. The second-order valence-corrected chi connectivity index (χ2v) is 10.8. The molecule has 9 heteroatoms. The number of aromatic nitrogens is 2. The summed E-state index contributed by atoms with van der Waals surface area (Å²) in [7, 11) is -1.14. The number of anilines is 1. The Morgan fingerprint density at radius 2 is 1.94 bits per heavy atom. The molecule has 0 radical (unpaired) electrons. The van der Waals surface area contributed by atoms with Crippen LogP contribution >= 0.6 is 0 Å². The molecule has 2 amide bonds. The van der Waals surface area contributed by atoms with Crippen molar-refractivity contribution >= 4 is 38.4 Å². The molecule has 0 aliphatic carbocycles. The van der Waals surface area contributed by atoms with Crippen LogP contribution in [0.25, 0.3) is 11.0 Å². The molecule has 1 atom stereocenters. The molecule has 2 heterocycles. The number of benzene rings is 2. The van der Waals surface area contributed by atoms with E-state index < -0.39 is 9.84 Å². The Bertz CT molecular complexity index is 1300. The van der Waals surface area contributed by atoms with Crippen LogP contribution in [-0.2, 0) is 28.1 Å². The van der Waals surface area contributed by atoms with E-state index in [1.807, 2.05) is 41.9 Å². The van der Waals surface area contributed by atoms with Crippen molar-refractivity contribution in [2.24, 2.45) is 13.0 Å². The zero-order valence-corrected chi connectivity index (χ0v) is 19.6. The van der Waals surface area contributed by atoms with E-state index in [0.717, 1.165) is 11.4 Å². The van der Waals surface area contributed by atoms with Gasteiger partial charge in [-0.3, -0.25) is 9.59 Å². The molecule has 1 fully saturated rings. The van der Waals surface area contributed by atoms with Gasteiger partial charge in [-0.05, 0) is 30.0 Å². The van der Waals surface area contributed by atoms with Crippen LogP contribution in [0.15, 0.2) is 42.5 Å². The Balaban J connectivity index is 1.67. The molecular weight excluding hydrogens is 440 g/mol. The Kier molecular flexibility index (Phi) is 6.51. The summed E-state index contributed by atoms with van der Waals surface area (Å²) < 4.78 is 25.4. The Labute approximate surface area is 193 Å². The summed E-state index contributed by atoms with van der Waals surface area (Å²) in [6, 6.07) is 13.4. The normalized spacial score (nSPS) is 17.2. The van der Waals surface area contributed by atoms with Crippen molar-refractivity contribution in [3.8, 4) is 0 Å². The highest BCUT2D eigenvalue weighted by atomic mass is 32.2. The van der Waals surface area contributed by atoms with Crippen LogP contribution < -0.4 is 10.6 Å². The Morgan fingerprint density at radius 3 is 2.61 bits per heavy atom. The van der Waals surface area contributed by atoms with Gasteiger partial charge in [0.05, 0.1) is 28.1 Å². The highest BCUT2D eigenvalue weighted by Crippen LogP contribution is 2.26. The fourth-order valence-corrected chi connectivity index (χ4v) is 6.06. The van der Waals surface area contributed by atoms with Gasteiger partial charge in [0.15, 0.2) is 9.84 Å². The number of nitrogens with zero attached hydrogens (tertiary/aromatic N) is 2. The first-order chi connectivity index (χ1) is 15.8. The maximum Gasteiger partial charge on any atom is 0.253 e. The highest BCUT2D eigenvalue weighted by Gasteiger charge is 2.28. The molecule has 4 rings (SSSR count). The number of amides is 2. The van der Waals surface area contributed by atoms with E-state index >= 15 is 0 Å². The maximum atomic E-state index is 13.2. The number of nitrogens with one attached hydrogen (secondary N) is 2. The lowest BCUT2D eigenvalue weighted by atomic mass is 10.1. The summed E-state index contributed by atoms with van der Waals surface area (Å²) in [5, 5.41) is 5.71. The van der Waals surface area contributed by atoms with E-state index in [0.29, 0.717) is 48.1 Å². The van der Waals surface area contributed by atoms with Crippen molar-refractivity contribution in [3.05, 3.63) is 59.4 Å². The monoisotopic (exact) mass is 468 g/mol. The van der Waals surface area contributed by atoms with Gasteiger partial charge in [-0.1, -0.05) is 37.3 Å². The molecular formula is C24H28N4O4S. The number of imidazole rings is 1. The van der Waals surface area contributed by atoms with Crippen molar-refractivity contribution in [1.82, 2.24) is 14.9 Å². The molecule has 174 valence electrons. The second-order valence-electron chi connectivity index (χ2n) is 8.52. The number of fused-ring (bicyclic) bond motifs is 1. The zero-order chi connectivity index (χ0) is 23.6. The minimum atomic E-state index is -3.01. The van der Waals surface area contributed by atoms with E-state index in [-0.39, 0.29) is 29.2 Å². The van der Waals surface area contributed by atoms with E-state index in [1.54, 1.807) is 19.1 Å². The molecule has 0 bridgehead atoms. The molecule has 1 aliphatic rings. The van der Waals surface area contributed by atoms with Gasteiger partial charge in [0, 0.05) is 32.1 Å². The number of rotatable bonds is 7. The molecule has 2 aromatic carbocycles. The molecule has 1 aliphatic heterocycles. The predicted octanol–water partition coefficient (Wildman–Crippen LogP) is 2.68. The number of carbonyl (C=O) groups excluding carboxylic acids is 2. The van der Waals surface area contributed by atoms with Gasteiger partial charge >= 0.3 is 0 Å². The van der Waals surface area contributed by atoms with E-state index in [1.165, 1.54) is 0 Å². The lowest BCUT2D eigenvalue weighted by Gasteiger charge is -2.13. The van der Waals surface area contributed by atoms with Gasteiger partial charge in [0.2, 0.25) is 5.91 Å². The van der Waals surface area contributed by atoms with Crippen LogP contribution in [0.2, 0.25) is 0 Å². The molecule has 0 unspecified atom stereocenters. The molecule has 0 spiro atoms. The zero-order valence-electron chi connectivity index (χ0n) is 18.8. The molecule has 0 saturated carbocycles. The number of sulfone groups is 1. The number of carbonyl (C=O) groups is 2. The average molecular weight is 469 g/mol. The van der Waals surface area contributed by atoms with Crippen molar-refractivity contribution in [2.75, 3.05) is 23.4 Å². The summed E-state index contributed by atoms with van der Waals surface area (Å²) >= 11 is 0. The van der Waals surface area contributed by atoms with Crippen LogP contribution in [0.5, 0.6) is 0 Å². The molecule has 1 saturated heterocycles. The Hall–Kier alpha value is -3.20. The van der Waals surface area contributed by atoms with Gasteiger partial charge in [-0.15, -0.1) is 0 Å². The van der Waals surface area contributed by atoms with E-state index in [9.17, 15) is 18.0 Å². The lowest BCUT2D eigenvalue weighted by Crippen LogP contribution is -2.30. The SMILES string of the molecule is CCC(=O)Nc1cc(C(=O)NC[C@H]2CCS(=O)(=O)C2)c2c(c1)nc(Cc1ccccc1)n2C. The Morgan fingerprint density at radius 1 is 1.18 bits per heavy atom. The van der Waals surface area contributed by atoms with Crippen LogP contribution in [0, 0.1) is 5.92 Å². The van der Waals surface area contributed by atoms with Crippen LogP contribution in [0.4, 0.5) is 5.69 Å². The lowest BCUT2D eigenvalue weighted by molar-refractivity contribution is -0.115. The minimum Gasteiger partial charge on any atom is -0.352 e. The van der Waals surface area contributed by atoms with Crippen LogP contribution in [0.1, 0.15) is 41.5 Å². The summed E-state index contributed by atoms with van der Waals surface area (Å²) in [6.45, 7) is 2.05. The quantitative estimate of drug-likeness (QED) is 0.554. The van der Waals surface area contributed by atoms with Crippen molar-refractivity contribution in [1.29, 1.82) is 0 Å². The molecule has 33 heavy (non-hydrogen) atoms. The van der Waals surface area contributed by atoms with Crippen molar-refractivity contribution in [3.63, 3.8) is 0 Å². The first-order valence-corrected chi connectivity index (χ1v) is 12.9. The third-order valence-corrected chi connectivity index (χ3v) is 7.83. The summed E-state index contributed by atoms with van der Waals surface area (Å²) in [5.41, 5.74) is 3.29. The van der Waals surface area contributed by atoms with Crippen LogP contribution in [0.3, 0.4) is 0 Å². The first kappa shape index (κ1) is 23.0. The highest BCUT2D eigenvalue weighted by molar-refractivity contribution is 7.91. The third-order valence-electron chi connectivity index (χ3n) is 5.99. The number of aryl methyl sites for hydroxylation is 1. The van der Waals surface area contributed by atoms with Crippen molar-refractivity contribution < 1.29 is 18.0 Å². The summed E-state index contributed by atoms with van der Waals surface area (Å²) in [5.74, 6) is 0.510. The van der Waals surface area contributed by atoms with E-state index in [4.69, 9.17) is 4.98 Å². The molecule has 1 aromatic heterocycles. The standard InChI is InChI=1S/C24H28N4O4S/c1-3-22(29)26-18-12-19(24(30)25-14-17-9-10-33(31,32)15-17)23-20(13-18)27-21(28(23)2)11-16-7-5-4-6-8-16/h4-8,12-13,17H,3,9-11,14-15H2,1-2H3,(H,25,30)(H,26,29)/t17-/m1/s1. The summed E-state index contributed by atoms with van der Waals surface area (Å²) in [4.78, 5) is 29.9. The third kappa shape index (κ3) is 5.24.